The minimum atomic E-state index is -3.74. The SMILES string of the molecule is CN1c2ccccc2C(NCCCCOCC(=O)O)c2ccc(Cl)cc2S1(=O)=O. The van der Waals surface area contributed by atoms with Crippen LogP contribution in [0.1, 0.15) is 30.0 Å². The fourth-order valence-corrected chi connectivity index (χ4v) is 5.10. The molecule has 0 saturated carbocycles. The van der Waals surface area contributed by atoms with E-state index in [-0.39, 0.29) is 17.5 Å². The van der Waals surface area contributed by atoms with E-state index < -0.39 is 16.0 Å². The van der Waals surface area contributed by atoms with Gasteiger partial charge in [-0.25, -0.2) is 13.2 Å². The van der Waals surface area contributed by atoms with Gasteiger partial charge in [-0.15, -0.1) is 0 Å². The summed E-state index contributed by atoms with van der Waals surface area (Å²) in [6, 6.07) is 12.0. The van der Waals surface area contributed by atoms with Crippen molar-refractivity contribution in [2.75, 3.05) is 31.1 Å². The van der Waals surface area contributed by atoms with Crippen molar-refractivity contribution in [1.29, 1.82) is 0 Å². The van der Waals surface area contributed by atoms with E-state index in [0.717, 1.165) is 12.0 Å². The molecule has 0 saturated heterocycles. The van der Waals surface area contributed by atoms with Gasteiger partial charge in [-0.05, 0) is 48.7 Å². The van der Waals surface area contributed by atoms with Gasteiger partial charge < -0.3 is 15.2 Å². The molecular formula is C20H23ClN2O5S. The maximum Gasteiger partial charge on any atom is 0.329 e. The van der Waals surface area contributed by atoms with Gasteiger partial charge in [-0.3, -0.25) is 4.31 Å². The van der Waals surface area contributed by atoms with Crippen molar-refractivity contribution < 1.29 is 23.1 Å². The van der Waals surface area contributed by atoms with Crippen LogP contribution in [0, 0.1) is 0 Å². The highest BCUT2D eigenvalue weighted by atomic mass is 35.5. The smallest absolute Gasteiger partial charge is 0.329 e. The molecule has 2 N–H and O–H groups in total. The number of benzene rings is 2. The van der Waals surface area contributed by atoms with Gasteiger partial charge in [-0.1, -0.05) is 35.9 Å². The summed E-state index contributed by atoms with van der Waals surface area (Å²) >= 11 is 6.10. The molecule has 7 nitrogen and oxygen atoms in total. The summed E-state index contributed by atoms with van der Waals surface area (Å²) in [5, 5.41) is 12.4. The van der Waals surface area contributed by atoms with Crippen molar-refractivity contribution >= 4 is 33.3 Å². The summed E-state index contributed by atoms with van der Waals surface area (Å²) in [4.78, 5) is 10.7. The highest BCUT2D eigenvalue weighted by molar-refractivity contribution is 7.92. The third kappa shape index (κ3) is 4.72. The van der Waals surface area contributed by atoms with Gasteiger partial charge in [-0.2, -0.15) is 0 Å². The van der Waals surface area contributed by atoms with Gasteiger partial charge >= 0.3 is 5.97 Å². The lowest BCUT2D eigenvalue weighted by Crippen LogP contribution is -2.26. The zero-order valence-corrected chi connectivity index (χ0v) is 17.5. The summed E-state index contributed by atoms with van der Waals surface area (Å²) in [5.41, 5.74) is 2.12. The number of aliphatic carboxylic acids is 1. The lowest BCUT2D eigenvalue weighted by molar-refractivity contribution is -0.142. The molecule has 1 aliphatic rings. The van der Waals surface area contributed by atoms with E-state index >= 15 is 0 Å². The predicted octanol–water partition coefficient (Wildman–Crippen LogP) is 3.04. The fourth-order valence-electron chi connectivity index (χ4n) is 3.39. The van der Waals surface area contributed by atoms with Crippen molar-refractivity contribution in [1.82, 2.24) is 5.32 Å². The summed E-state index contributed by atoms with van der Waals surface area (Å²) in [7, 11) is -2.20. The number of nitrogens with zero attached hydrogens (tertiary/aromatic N) is 1. The maximum absolute atomic E-state index is 13.2. The number of ether oxygens (including phenoxy) is 1. The number of hydrogen-bond donors (Lipinski definition) is 2. The largest absolute Gasteiger partial charge is 0.480 e. The minimum absolute atomic E-state index is 0.186. The number of sulfonamides is 1. The molecule has 29 heavy (non-hydrogen) atoms. The number of carboxylic acid groups (broad SMARTS) is 1. The van der Waals surface area contributed by atoms with Gasteiger partial charge in [0.2, 0.25) is 0 Å². The first-order chi connectivity index (χ1) is 13.8. The number of hydrogen-bond acceptors (Lipinski definition) is 5. The highest BCUT2D eigenvalue weighted by Crippen LogP contribution is 2.40. The van der Waals surface area contributed by atoms with Crippen LogP contribution in [0.2, 0.25) is 5.02 Å². The number of carboxylic acids is 1. The Hall–Kier alpha value is -2.13. The van der Waals surface area contributed by atoms with E-state index in [0.29, 0.717) is 35.8 Å². The second-order valence-corrected chi connectivity index (χ2v) is 9.13. The first kappa shape index (κ1) is 21.6. The van der Waals surface area contributed by atoms with Gasteiger partial charge in [0.05, 0.1) is 16.6 Å². The van der Waals surface area contributed by atoms with Crippen LogP contribution < -0.4 is 9.62 Å². The lowest BCUT2D eigenvalue weighted by Gasteiger charge is -2.22. The van der Waals surface area contributed by atoms with E-state index in [1.54, 1.807) is 25.2 Å². The molecule has 0 amide bonds. The van der Waals surface area contributed by atoms with E-state index in [4.69, 9.17) is 21.4 Å². The van der Waals surface area contributed by atoms with Crippen LogP contribution in [0.15, 0.2) is 47.4 Å². The Morgan fingerprint density at radius 3 is 2.72 bits per heavy atom. The van der Waals surface area contributed by atoms with Crippen molar-refractivity contribution in [3.05, 3.63) is 58.6 Å². The average molecular weight is 439 g/mol. The molecule has 2 aromatic carbocycles. The van der Waals surface area contributed by atoms with Gasteiger partial charge in [0, 0.05) is 18.7 Å². The zero-order valence-electron chi connectivity index (χ0n) is 16.0. The predicted molar refractivity (Wildman–Crippen MR) is 111 cm³/mol. The maximum atomic E-state index is 13.2. The van der Waals surface area contributed by atoms with Crippen LogP contribution in [0.5, 0.6) is 0 Å². The molecule has 0 fully saturated rings. The van der Waals surface area contributed by atoms with E-state index in [2.05, 4.69) is 5.32 Å². The van der Waals surface area contributed by atoms with Crippen molar-refractivity contribution in [2.24, 2.45) is 0 Å². The van der Waals surface area contributed by atoms with E-state index in [1.807, 2.05) is 18.2 Å². The second kappa shape index (κ2) is 9.13. The Labute approximate surface area is 175 Å². The number of halogens is 1. The molecule has 2 aromatic rings. The minimum Gasteiger partial charge on any atom is -0.480 e. The summed E-state index contributed by atoms with van der Waals surface area (Å²) in [6.07, 6.45) is 1.45. The average Bonchev–Trinajstić information content (AvgIpc) is 2.75. The number of fused-ring (bicyclic) bond motifs is 2. The first-order valence-electron chi connectivity index (χ1n) is 9.22. The highest BCUT2D eigenvalue weighted by Gasteiger charge is 2.34. The van der Waals surface area contributed by atoms with Crippen LogP contribution in [0.3, 0.4) is 0 Å². The lowest BCUT2D eigenvalue weighted by atomic mass is 9.96. The molecule has 0 aliphatic carbocycles. The molecular weight excluding hydrogens is 416 g/mol. The number of unbranched alkanes of at least 4 members (excludes halogenated alkanes) is 1. The Kier molecular flexibility index (Phi) is 6.79. The summed E-state index contributed by atoms with van der Waals surface area (Å²) < 4.78 is 32.7. The van der Waals surface area contributed by atoms with Crippen molar-refractivity contribution in [2.45, 2.75) is 23.8 Å². The first-order valence-corrected chi connectivity index (χ1v) is 11.0. The van der Waals surface area contributed by atoms with Gasteiger partial charge in [0.15, 0.2) is 0 Å². The molecule has 156 valence electrons. The molecule has 9 heteroatoms. The van der Waals surface area contributed by atoms with E-state index in [9.17, 15) is 13.2 Å². The number of nitrogens with one attached hydrogen (secondary N) is 1. The fraction of sp³-hybridized carbons (Fsp3) is 0.350. The molecule has 1 unspecified atom stereocenters. The molecule has 0 aromatic heterocycles. The standard InChI is InChI=1S/C20H23ClN2O5S/c1-23-17-7-3-2-6-15(17)20(22-10-4-5-11-28-13-19(24)25)16-9-8-14(21)12-18(16)29(23,26)27/h2-3,6-9,12,20,22H,4-5,10-11,13H2,1H3,(H,24,25). The Bertz CT molecular complexity index is 996. The third-order valence-corrected chi connectivity index (χ3v) is 6.86. The van der Waals surface area contributed by atoms with Gasteiger partial charge in [0.1, 0.15) is 6.61 Å². The molecule has 0 spiro atoms. The monoisotopic (exact) mass is 438 g/mol. The van der Waals surface area contributed by atoms with Crippen molar-refractivity contribution in [3.63, 3.8) is 0 Å². The normalized spacial score (nSPS) is 17.3. The molecule has 0 bridgehead atoms. The molecule has 1 atom stereocenters. The number of para-hydroxylation sites is 1. The zero-order chi connectivity index (χ0) is 21.0. The Balaban J connectivity index is 1.85. The molecule has 1 aliphatic heterocycles. The number of anilines is 1. The quantitative estimate of drug-likeness (QED) is 0.615. The van der Waals surface area contributed by atoms with Gasteiger partial charge in [0.25, 0.3) is 10.0 Å². The molecule has 3 rings (SSSR count). The topological polar surface area (TPSA) is 95.9 Å². The van der Waals surface area contributed by atoms with Crippen LogP contribution in [0.25, 0.3) is 0 Å². The Morgan fingerprint density at radius 1 is 1.21 bits per heavy atom. The summed E-state index contributed by atoms with van der Waals surface area (Å²) in [6.45, 7) is 0.668. The molecule has 0 radical (unpaired) electrons. The summed E-state index contributed by atoms with van der Waals surface area (Å²) in [5.74, 6) is -0.987. The van der Waals surface area contributed by atoms with Crippen LogP contribution in [0.4, 0.5) is 5.69 Å². The van der Waals surface area contributed by atoms with Crippen LogP contribution >= 0.6 is 11.6 Å². The van der Waals surface area contributed by atoms with Crippen molar-refractivity contribution in [3.8, 4) is 0 Å². The van der Waals surface area contributed by atoms with E-state index in [1.165, 1.54) is 10.4 Å². The molecule has 1 heterocycles. The van der Waals surface area contributed by atoms with Crippen LogP contribution in [-0.2, 0) is 19.6 Å². The third-order valence-electron chi connectivity index (χ3n) is 4.80. The number of rotatable bonds is 8. The van der Waals surface area contributed by atoms with Crippen LogP contribution in [-0.4, -0.2) is 46.3 Å². The second-order valence-electron chi connectivity index (χ2n) is 6.75. The Morgan fingerprint density at radius 2 is 1.97 bits per heavy atom. The number of carbonyl (C=O) groups is 1.